The van der Waals surface area contributed by atoms with E-state index in [1.807, 2.05) is 0 Å². The van der Waals surface area contributed by atoms with Gasteiger partial charge in [0.05, 0.1) is 13.2 Å². The minimum absolute atomic E-state index is 0.174. The van der Waals surface area contributed by atoms with Crippen molar-refractivity contribution in [3.8, 4) is 0 Å². The molecule has 0 radical (unpaired) electrons. The number of morpholine rings is 1. The molecule has 0 aliphatic carbocycles. The number of carbonyl (C=O) groups is 2. The highest BCUT2D eigenvalue weighted by atomic mass is 19.1. The zero-order valence-electron chi connectivity index (χ0n) is 13.7. The average Bonchev–Trinajstić information content (AvgIpc) is 2.57. The van der Waals surface area contributed by atoms with Gasteiger partial charge in [-0.1, -0.05) is 12.1 Å². The molecule has 1 fully saturated rings. The smallest absolute Gasteiger partial charge is 0.229 e. The highest BCUT2D eigenvalue weighted by Crippen LogP contribution is 2.02. The van der Waals surface area contributed by atoms with Gasteiger partial charge in [0.2, 0.25) is 11.8 Å². The maximum Gasteiger partial charge on any atom is 0.229 e. The first kappa shape index (κ1) is 18.4. The Morgan fingerprint density at radius 3 is 2.33 bits per heavy atom. The van der Waals surface area contributed by atoms with Gasteiger partial charge in [-0.2, -0.15) is 0 Å². The van der Waals surface area contributed by atoms with E-state index in [1.165, 1.54) is 12.1 Å². The minimum Gasteiger partial charge on any atom is -0.379 e. The van der Waals surface area contributed by atoms with E-state index in [9.17, 15) is 14.0 Å². The summed E-state index contributed by atoms with van der Waals surface area (Å²) < 4.78 is 18.0. The maximum absolute atomic E-state index is 12.8. The third-order valence-corrected chi connectivity index (χ3v) is 3.82. The summed E-state index contributed by atoms with van der Waals surface area (Å²) in [5, 5.41) is 5.45. The van der Waals surface area contributed by atoms with Gasteiger partial charge in [0.25, 0.3) is 0 Å². The predicted molar refractivity (Wildman–Crippen MR) is 88.0 cm³/mol. The maximum atomic E-state index is 12.8. The van der Waals surface area contributed by atoms with Crippen molar-refractivity contribution in [3.63, 3.8) is 0 Å². The molecule has 1 saturated heterocycles. The van der Waals surface area contributed by atoms with E-state index in [0.29, 0.717) is 19.5 Å². The molecule has 0 aromatic heterocycles. The van der Waals surface area contributed by atoms with Crippen molar-refractivity contribution in [2.24, 2.45) is 0 Å². The number of ether oxygens (including phenoxy) is 1. The van der Waals surface area contributed by atoms with Crippen LogP contribution in [0.5, 0.6) is 0 Å². The van der Waals surface area contributed by atoms with Crippen molar-refractivity contribution in [3.05, 3.63) is 35.6 Å². The van der Waals surface area contributed by atoms with Gasteiger partial charge in [-0.25, -0.2) is 4.39 Å². The Hall–Kier alpha value is -1.99. The van der Waals surface area contributed by atoms with Gasteiger partial charge >= 0.3 is 0 Å². The second kappa shape index (κ2) is 10.00. The fourth-order valence-electron chi connectivity index (χ4n) is 2.45. The minimum atomic E-state index is -0.305. The third-order valence-electron chi connectivity index (χ3n) is 3.82. The van der Waals surface area contributed by atoms with Crippen LogP contribution in [0.4, 0.5) is 4.39 Å². The van der Waals surface area contributed by atoms with Crippen LogP contribution < -0.4 is 10.6 Å². The standard InChI is InChI=1S/C17H24FN3O3/c18-15-3-1-14(2-4-15)5-6-19-16(22)13-17(23)20-7-8-21-9-11-24-12-10-21/h1-4H,5-13H2,(H,19,22)(H,20,23). The lowest BCUT2D eigenvalue weighted by Crippen LogP contribution is -2.42. The van der Waals surface area contributed by atoms with E-state index < -0.39 is 0 Å². The molecule has 6 nitrogen and oxygen atoms in total. The SMILES string of the molecule is O=C(CC(=O)NCCN1CCOCC1)NCCc1ccc(F)cc1. The highest BCUT2D eigenvalue weighted by molar-refractivity contribution is 5.96. The molecule has 0 spiro atoms. The van der Waals surface area contributed by atoms with E-state index in [-0.39, 0.29) is 24.1 Å². The Kier molecular flexibility index (Phi) is 7.64. The van der Waals surface area contributed by atoms with Crippen molar-refractivity contribution in [1.82, 2.24) is 15.5 Å². The van der Waals surface area contributed by atoms with Crippen LogP contribution in [0.2, 0.25) is 0 Å². The number of amides is 2. The summed E-state index contributed by atoms with van der Waals surface area (Å²) in [7, 11) is 0. The lowest BCUT2D eigenvalue weighted by molar-refractivity contribution is -0.129. The van der Waals surface area contributed by atoms with Crippen LogP contribution in [0.3, 0.4) is 0 Å². The topological polar surface area (TPSA) is 70.7 Å². The van der Waals surface area contributed by atoms with E-state index in [2.05, 4.69) is 15.5 Å². The monoisotopic (exact) mass is 337 g/mol. The first-order chi connectivity index (χ1) is 11.6. The number of rotatable bonds is 8. The van der Waals surface area contributed by atoms with Crippen LogP contribution in [-0.4, -0.2) is 62.7 Å². The number of benzene rings is 1. The molecular weight excluding hydrogens is 313 g/mol. The fourth-order valence-corrected chi connectivity index (χ4v) is 2.45. The first-order valence-electron chi connectivity index (χ1n) is 8.21. The molecule has 132 valence electrons. The van der Waals surface area contributed by atoms with E-state index in [4.69, 9.17) is 4.74 Å². The molecular formula is C17H24FN3O3. The molecule has 24 heavy (non-hydrogen) atoms. The number of carbonyl (C=O) groups excluding carboxylic acids is 2. The third kappa shape index (κ3) is 7.06. The van der Waals surface area contributed by atoms with Gasteiger partial charge < -0.3 is 15.4 Å². The molecule has 0 bridgehead atoms. The number of hydrogen-bond acceptors (Lipinski definition) is 4. The molecule has 1 aromatic rings. The number of nitrogens with zero attached hydrogens (tertiary/aromatic N) is 1. The summed E-state index contributed by atoms with van der Waals surface area (Å²) in [5.74, 6) is -0.861. The molecule has 0 atom stereocenters. The molecule has 1 aromatic carbocycles. The van der Waals surface area contributed by atoms with Gasteiger partial charge in [-0.05, 0) is 24.1 Å². The summed E-state index contributed by atoms with van der Waals surface area (Å²) in [6, 6.07) is 6.14. The van der Waals surface area contributed by atoms with Crippen LogP contribution in [0.1, 0.15) is 12.0 Å². The number of halogens is 1. The number of hydrogen-bond donors (Lipinski definition) is 2. The van der Waals surface area contributed by atoms with Crippen molar-refractivity contribution < 1.29 is 18.7 Å². The van der Waals surface area contributed by atoms with Gasteiger partial charge in [0.1, 0.15) is 12.2 Å². The molecule has 2 N–H and O–H groups in total. The molecule has 1 aliphatic rings. The van der Waals surface area contributed by atoms with E-state index in [1.54, 1.807) is 12.1 Å². The predicted octanol–water partition coefficient (Wildman–Crippen LogP) is 0.323. The summed E-state index contributed by atoms with van der Waals surface area (Å²) in [6.45, 7) is 4.92. The van der Waals surface area contributed by atoms with Gasteiger partial charge in [-0.15, -0.1) is 0 Å². The van der Waals surface area contributed by atoms with Crippen LogP contribution in [0, 0.1) is 5.82 Å². The zero-order chi connectivity index (χ0) is 17.2. The molecule has 2 rings (SSSR count). The Morgan fingerprint density at radius 1 is 1.04 bits per heavy atom. The van der Waals surface area contributed by atoms with Crippen molar-refractivity contribution in [1.29, 1.82) is 0 Å². The Morgan fingerprint density at radius 2 is 1.67 bits per heavy atom. The second-order valence-electron chi connectivity index (χ2n) is 5.71. The molecule has 7 heteroatoms. The molecule has 1 heterocycles. The largest absolute Gasteiger partial charge is 0.379 e. The molecule has 2 amide bonds. The van der Waals surface area contributed by atoms with E-state index in [0.717, 1.165) is 38.4 Å². The lowest BCUT2D eigenvalue weighted by atomic mass is 10.1. The Bertz CT molecular complexity index is 530. The van der Waals surface area contributed by atoms with Crippen LogP contribution in [0.25, 0.3) is 0 Å². The van der Waals surface area contributed by atoms with Gasteiger partial charge in [0, 0.05) is 32.7 Å². The molecule has 1 aliphatic heterocycles. The summed E-state index contributed by atoms with van der Waals surface area (Å²) in [4.78, 5) is 25.6. The number of nitrogens with one attached hydrogen (secondary N) is 2. The normalized spacial score (nSPS) is 15.0. The van der Waals surface area contributed by atoms with Crippen molar-refractivity contribution in [2.75, 3.05) is 45.9 Å². The summed E-state index contributed by atoms with van der Waals surface area (Å²) in [5.41, 5.74) is 0.937. The quantitative estimate of drug-likeness (QED) is 0.671. The van der Waals surface area contributed by atoms with Crippen molar-refractivity contribution in [2.45, 2.75) is 12.8 Å². The van der Waals surface area contributed by atoms with Gasteiger partial charge in [-0.3, -0.25) is 14.5 Å². The first-order valence-corrected chi connectivity index (χ1v) is 8.21. The molecule has 0 unspecified atom stereocenters. The Labute approximate surface area is 141 Å². The van der Waals surface area contributed by atoms with Crippen molar-refractivity contribution >= 4 is 11.8 Å². The summed E-state index contributed by atoms with van der Waals surface area (Å²) >= 11 is 0. The fraction of sp³-hybridized carbons (Fsp3) is 0.529. The van der Waals surface area contributed by atoms with Crippen LogP contribution in [-0.2, 0) is 20.7 Å². The van der Waals surface area contributed by atoms with Crippen LogP contribution in [0.15, 0.2) is 24.3 Å². The zero-order valence-corrected chi connectivity index (χ0v) is 13.7. The summed E-state index contributed by atoms with van der Waals surface area (Å²) in [6.07, 6.45) is 0.428. The van der Waals surface area contributed by atoms with E-state index >= 15 is 0 Å². The highest BCUT2D eigenvalue weighted by Gasteiger charge is 2.12. The second-order valence-corrected chi connectivity index (χ2v) is 5.71. The average molecular weight is 337 g/mol. The lowest BCUT2D eigenvalue weighted by Gasteiger charge is -2.26. The van der Waals surface area contributed by atoms with Crippen LogP contribution >= 0.6 is 0 Å². The Balaban J connectivity index is 1.54. The van der Waals surface area contributed by atoms with Gasteiger partial charge in [0.15, 0.2) is 0 Å². The molecule has 0 saturated carbocycles.